The maximum absolute atomic E-state index is 6.38. The fourth-order valence-corrected chi connectivity index (χ4v) is 8.42. The summed E-state index contributed by atoms with van der Waals surface area (Å²) in [6.07, 6.45) is 10.0. The van der Waals surface area contributed by atoms with Gasteiger partial charge >= 0.3 is 0 Å². The van der Waals surface area contributed by atoms with Crippen LogP contribution < -0.4 is 0 Å². The predicted octanol–water partition coefficient (Wildman–Crippen LogP) is 6.83. The van der Waals surface area contributed by atoms with Gasteiger partial charge in [-0.3, -0.25) is 0 Å². The van der Waals surface area contributed by atoms with Gasteiger partial charge in [-0.15, -0.1) is 0 Å². The molecule has 0 radical (unpaired) electrons. The van der Waals surface area contributed by atoms with Crippen molar-refractivity contribution in [2.75, 3.05) is 0 Å². The molecule has 1 nitrogen and oxygen atoms in total. The average molecular weight is 297 g/mol. The van der Waals surface area contributed by atoms with Crippen LogP contribution in [0.2, 0.25) is 16.6 Å². The molecule has 0 aromatic heterocycles. The third kappa shape index (κ3) is 5.86. The summed E-state index contributed by atoms with van der Waals surface area (Å²) in [5, 5.41) is 0. The summed E-state index contributed by atoms with van der Waals surface area (Å²) in [5.41, 5.74) is 3.37. The van der Waals surface area contributed by atoms with Gasteiger partial charge in [-0.2, -0.15) is 0 Å². The van der Waals surface area contributed by atoms with E-state index in [0.717, 1.165) is 6.42 Å². The number of hydrogen-bond donors (Lipinski definition) is 0. The second kappa shape index (κ2) is 9.44. The molecule has 0 atom stereocenters. The lowest BCUT2D eigenvalue weighted by Crippen LogP contribution is -2.46. The zero-order valence-electron chi connectivity index (χ0n) is 15.0. The largest absolute Gasteiger partial charge is 0.548 e. The van der Waals surface area contributed by atoms with Crippen LogP contribution in [0.5, 0.6) is 0 Å². The molecule has 118 valence electrons. The minimum absolute atomic E-state index is 0.651. The smallest absolute Gasteiger partial charge is 0.257 e. The zero-order chi connectivity index (χ0) is 15.8. The number of unbranched alkanes of at least 4 members (excludes halogenated alkanes) is 2. The van der Waals surface area contributed by atoms with E-state index in [1.807, 2.05) is 6.26 Å². The molecule has 0 aliphatic heterocycles. The Bertz CT molecular complexity index is 288. The van der Waals surface area contributed by atoms with Crippen LogP contribution in [0.4, 0.5) is 0 Å². The first-order chi connectivity index (χ1) is 9.25. The quantitative estimate of drug-likeness (QED) is 0.196. The lowest BCUT2D eigenvalue weighted by atomic mass is 10.2. The van der Waals surface area contributed by atoms with Gasteiger partial charge in [0, 0.05) is 0 Å². The predicted molar refractivity (Wildman–Crippen MR) is 94.6 cm³/mol. The third-order valence-corrected chi connectivity index (χ3v) is 10.2. The van der Waals surface area contributed by atoms with Gasteiger partial charge in [0.05, 0.1) is 6.26 Å². The Morgan fingerprint density at radius 2 is 1.40 bits per heavy atom. The van der Waals surface area contributed by atoms with E-state index < -0.39 is 8.32 Å². The Labute approximate surface area is 128 Å². The summed E-state index contributed by atoms with van der Waals surface area (Å²) in [7, 11) is -1.71. The molecule has 0 rings (SSSR count). The SMILES string of the molecule is CC(C)=CCCC/C=C/O[Si](C(C)C)(C(C)C)C(C)C. The monoisotopic (exact) mass is 296 g/mol. The maximum atomic E-state index is 6.38. The van der Waals surface area contributed by atoms with Crippen LogP contribution >= 0.6 is 0 Å². The highest BCUT2D eigenvalue weighted by molar-refractivity contribution is 6.77. The lowest BCUT2D eigenvalue weighted by molar-refractivity contribution is 0.414. The van der Waals surface area contributed by atoms with E-state index in [1.54, 1.807) is 0 Å². The van der Waals surface area contributed by atoms with Gasteiger partial charge in [-0.1, -0.05) is 59.3 Å². The van der Waals surface area contributed by atoms with Crippen molar-refractivity contribution in [3.05, 3.63) is 24.0 Å². The van der Waals surface area contributed by atoms with E-state index >= 15 is 0 Å². The van der Waals surface area contributed by atoms with E-state index in [4.69, 9.17) is 4.43 Å². The fourth-order valence-electron chi connectivity index (χ4n) is 3.27. The van der Waals surface area contributed by atoms with Crippen LogP contribution in [0.3, 0.4) is 0 Å². The van der Waals surface area contributed by atoms with Crippen molar-refractivity contribution >= 4 is 8.32 Å². The number of hydrogen-bond acceptors (Lipinski definition) is 1. The lowest BCUT2D eigenvalue weighted by Gasteiger charge is -2.41. The van der Waals surface area contributed by atoms with E-state index in [-0.39, 0.29) is 0 Å². The minimum atomic E-state index is -1.71. The maximum Gasteiger partial charge on any atom is 0.257 e. The van der Waals surface area contributed by atoms with Gasteiger partial charge in [-0.25, -0.2) is 0 Å². The summed E-state index contributed by atoms with van der Waals surface area (Å²) < 4.78 is 6.38. The van der Waals surface area contributed by atoms with Crippen molar-refractivity contribution < 1.29 is 4.43 Å². The van der Waals surface area contributed by atoms with Crippen LogP contribution in [0.15, 0.2) is 24.0 Å². The van der Waals surface area contributed by atoms with Crippen molar-refractivity contribution in [1.82, 2.24) is 0 Å². The van der Waals surface area contributed by atoms with Crippen LogP contribution in [-0.2, 0) is 4.43 Å². The third-order valence-electron chi connectivity index (χ3n) is 4.20. The summed E-state index contributed by atoms with van der Waals surface area (Å²) in [6.45, 7) is 18.3. The van der Waals surface area contributed by atoms with Crippen molar-refractivity contribution in [2.24, 2.45) is 0 Å². The Morgan fingerprint density at radius 3 is 1.80 bits per heavy atom. The van der Waals surface area contributed by atoms with Crippen molar-refractivity contribution in [1.29, 1.82) is 0 Å². The van der Waals surface area contributed by atoms with Crippen LogP contribution in [-0.4, -0.2) is 8.32 Å². The number of rotatable bonds is 9. The van der Waals surface area contributed by atoms with Gasteiger partial charge < -0.3 is 4.43 Å². The van der Waals surface area contributed by atoms with Crippen molar-refractivity contribution in [2.45, 2.75) is 91.3 Å². The molecule has 0 amide bonds. The Morgan fingerprint density at radius 1 is 0.900 bits per heavy atom. The van der Waals surface area contributed by atoms with Gasteiger partial charge in [0.1, 0.15) is 0 Å². The van der Waals surface area contributed by atoms with E-state index in [2.05, 4.69) is 67.5 Å². The highest BCUT2D eigenvalue weighted by Gasteiger charge is 2.46. The molecule has 0 N–H and O–H groups in total. The van der Waals surface area contributed by atoms with Gasteiger partial charge in [0.2, 0.25) is 0 Å². The van der Waals surface area contributed by atoms with Gasteiger partial charge in [0.15, 0.2) is 0 Å². The molecular weight excluding hydrogens is 260 g/mol. The summed E-state index contributed by atoms with van der Waals surface area (Å²) >= 11 is 0. The summed E-state index contributed by atoms with van der Waals surface area (Å²) in [6, 6.07) is 0. The van der Waals surface area contributed by atoms with Crippen LogP contribution in [0, 0.1) is 0 Å². The minimum Gasteiger partial charge on any atom is -0.548 e. The van der Waals surface area contributed by atoms with Gasteiger partial charge in [-0.05, 0) is 49.7 Å². The highest BCUT2D eigenvalue weighted by atomic mass is 28.4. The molecular formula is C18H36OSi. The first-order valence-electron chi connectivity index (χ1n) is 8.21. The second-order valence-electron chi connectivity index (χ2n) is 7.02. The standard InChI is InChI=1S/C18H36OSi/c1-15(2)13-11-9-10-12-14-19-20(16(3)4,17(5)6)18(7)8/h12-14,16-18H,9-11H2,1-8H3/b14-12+. The van der Waals surface area contributed by atoms with Crippen LogP contribution in [0.1, 0.15) is 74.7 Å². The molecule has 0 saturated heterocycles. The molecule has 0 fully saturated rings. The molecule has 0 aromatic carbocycles. The van der Waals surface area contributed by atoms with E-state index in [1.165, 1.54) is 18.4 Å². The molecule has 0 aromatic rings. The average Bonchev–Trinajstić information content (AvgIpc) is 2.30. The number of allylic oxidation sites excluding steroid dienone is 3. The first-order valence-corrected chi connectivity index (χ1v) is 10.3. The molecule has 2 heteroatoms. The van der Waals surface area contributed by atoms with Crippen LogP contribution in [0.25, 0.3) is 0 Å². The van der Waals surface area contributed by atoms with E-state index in [0.29, 0.717) is 16.6 Å². The zero-order valence-corrected chi connectivity index (χ0v) is 16.0. The summed E-state index contributed by atoms with van der Waals surface area (Å²) in [5.74, 6) is 0. The molecule has 0 aliphatic rings. The molecule has 0 aliphatic carbocycles. The first kappa shape index (κ1) is 19.5. The normalized spacial score (nSPS) is 12.8. The molecule has 0 bridgehead atoms. The second-order valence-corrected chi connectivity index (χ2v) is 12.4. The Kier molecular flexibility index (Phi) is 9.20. The van der Waals surface area contributed by atoms with Crippen molar-refractivity contribution in [3.8, 4) is 0 Å². The van der Waals surface area contributed by atoms with E-state index in [9.17, 15) is 0 Å². The molecule has 0 heterocycles. The topological polar surface area (TPSA) is 9.23 Å². The Balaban J connectivity index is 4.44. The fraction of sp³-hybridized carbons (Fsp3) is 0.778. The highest BCUT2D eigenvalue weighted by Crippen LogP contribution is 2.42. The Hall–Kier alpha value is -0.503. The molecule has 0 saturated carbocycles. The molecule has 0 unspecified atom stereocenters. The molecule has 20 heavy (non-hydrogen) atoms. The van der Waals surface area contributed by atoms with Crippen molar-refractivity contribution in [3.63, 3.8) is 0 Å². The molecule has 0 spiro atoms. The summed E-state index contributed by atoms with van der Waals surface area (Å²) in [4.78, 5) is 0. The van der Waals surface area contributed by atoms with Gasteiger partial charge in [0.25, 0.3) is 8.32 Å².